The van der Waals surface area contributed by atoms with Gasteiger partial charge in [0.25, 0.3) is 0 Å². The van der Waals surface area contributed by atoms with Crippen molar-refractivity contribution in [3.8, 4) is 0 Å². The van der Waals surface area contributed by atoms with Gasteiger partial charge < -0.3 is 4.90 Å². The average Bonchev–Trinajstić information content (AvgIpc) is 2.77. The van der Waals surface area contributed by atoms with Crippen molar-refractivity contribution in [2.24, 2.45) is 0 Å². The van der Waals surface area contributed by atoms with E-state index in [4.69, 9.17) is 0 Å². The molecule has 0 aromatic heterocycles. The Morgan fingerprint density at radius 2 is 2.25 bits per heavy atom. The second kappa shape index (κ2) is 6.83. The van der Waals surface area contributed by atoms with Crippen molar-refractivity contribution in [1.82, 2.24) is 9.62 Å². The second-order valence-corrected chi connectivity index (χ2v) is 7.39. The van der Waals surface area contributed by atoms with Crippen molar-refractivity contribution in [1.29, 1.82) is 0 Å². The van der Waals surface area contributed by atoms with Crippen molar-refractivity contribution >= 4 is 21.8 Å². The van der Waals surface area contributed by atoms with Crippen LogP contribution in [0.15, 0.2) is 0 Å². The van der Waals surface area contributed by atoms with Gasteiger partial charge in [-0.2, -0.15) is 11.8 Å². The first kappa shape index (κ1) is 14.3. The number of sulfonamides is 1. The summed E-state index contributed by atoms with van der Waals surface area (Å²) in [5.74, 6) is 2.65. The maximum Gasteiger partial charge on any atom is 0.211 e. The molecule has 0 bridgehead atoms. The van der Waals surface area contributed by atoms with Gasteiger partial charge in [-0.25, -0.2) is 13.1 Å². The number of hydrogen-bond donors (Lipinski definition) is 1. The molecule has 1 aliphatic heterocycles. The van der Waals surface area contributed by atoms with E-state index in [0.717, 1.165) is 13.0 Å². The zero-order chi connectivity index (χ0) is 12.0. The Labute approximate surface area is 103 Å². The van der Waals surface area contributed by atoms with Crippen LogP contribution in [-0.2, 0) is 10.0 Å². The van der Waals surface area contributed by atoms with Crippen LogP contribution in [0.5, 0.6) is 0 Å². The predicted molar refractivity (Wildman–Crippen MR) is 70.4 cm³/mol. The standard InChI is InChI=1S/C10H22N2O2S2/c1-3-16(13,14)11-6-4-7-12(2)10-5-8-15-9-10/h10-11H,3-9H2,1-2H3/t10-/m1/s1. The first-order chi connectivity index (χ1) is 7.55. The largest absolute Gasteiger partial charge is 0.303 e. The first-order valence-corrected chi connectivity index (χ1v) is 8.61. The van der Waals surface area contributed by atoms with Gasteiger partial charge in [0, 0.05) is 18.3 Å². The molecule has 1 N–H and O–H groups in total. The molecule has 1 atom stereocenters. The van der Waals surface area contributed by atoms with Crippen molar-refractivity contribution < 1.29 is 8.42 Å². The molecule has 0 unspecified atom stereocenters. The summed E-state index contributed by atoms with van der Waals surface area (Å²) in [6.45, 7) is 3.18. The van der Waals surface area contributed by atoms with E-state index in [1.807, 2.05) is 11.8 Å². The molecule has 6 heteroatoms. The number of rotatable bonds is 7. The third kappa shape index (κ3) is 5.03. The highest BCUT2D eigenvalue weighted by Crippen LogP contribution is 2.21. The quantitative estimate of drug-likeness (QED) is 0.691. The Kier molecular flexibility index (Phi) is 6.10. The molecule has 1 aliphatic rings. The Balaban J connectivity index is 2.11. The zero-order valence-corrected chi connectivity index (χ0v) is 11.7. The smallest absolute Gasteiger partial charge is 0.211 e. The maximum atomic E-state index is 11.2. The Morgan fingerprint density at radius 1 is 1.50 bits per heavy atom. The molecule has 1 heterocycles. The van der Waals surface area contributed by atoms with Gasteiger partial charge >= 0.3 is 0 Å². The molecule has 4 nitrogen and oxygen atoms in total. The van der Waals surface area contributed by atoms with Crippen LogP contribution in [0.25, 0.3) is 0 Å². The maximum absolute atomic E-state index is 11.2. The molecule has 1 rings (SSSR count). The van der Waals surface area contributed by atoms with Gasteiger partial charge in [-0.1, -0.05) is 0 Å². The van der Waals surface area contributed by atoms with Gasteiger partial charge in [0.15, 0.2) is 0 Å². The summed E-state index contributed by atoms with van der Waals surface area (Å²) in [6, 6.07) is 0.688. The molecule has 0 aromatic rings. The topological polar surface area (TPSA) is 49.4 Å². The van der Waals surface area contributed by atoms with Crippen LogP contribution >= 0.6 is 11.8 Å². The molecular weight excluding hydrogens is 244 g/mol. The fourth-order valence-corrected chi connectivity index (χ4v) is 3.67. The van der Waals surface area contributed by atoms with Crippen LogP contribution in [0.3, 0.4) is 0 Å². The summed E-state index contributed by atoms with van der Waals surface area (Å²) < 4.78 is 24.9. The third-order valence-electron chi connectivity index (χ3n) is 2.92. The van der Waals surface area contributed by atoms with Crippen LogP contribution in [0.4, 0.5) is 0 Å². The fourth-order valence-electron chi connectivity index (χ4n) is 1.71. The van der Waals surface area contributed by atoms with Gasteiger partial charge in [-0.3, -0.25) is 0 Å². The van der Waals surface area contributed by atoms with Gasteiger partial charge in [0.1, 0.15) is 0 Å². The van der Waals surface area contributed by atoms with Crippen molar-refractivity contribution in [2.45, 2.75) is 25.8 Å². The number of thioether (sulfide) groups is 1. The lowest BCUT2D eigenvalue weighted by Gasteiger charge is -2.23. The van der Waals surface area contributed by atoms with Crippen LogP contribution < -0.4 is 4.72 Å². The highest BCUT2D eigenvalue weighted by Gasteiger charge is 2.19. The highest BCUT2D eigenvalue weighted by molar-refractivity contribution is 7.99. The second-order valence-electron chi connectivity index (χ2n) is 4.15. The molecule has 0 aromatic carbocycles. The molecule has 0 spiro atoms. The lowest BCUT2D eigenvalue weighted by molar-refractivity contribution is 0.260. The van der Waals surface area contributed by atoms with Crippen molar-refractivity contribution in [3.63, 3.8) is 0 Å². The Hall–Kier alpha value is 0.220. The number of hydrogen-bond acceptors (Lipinski definition) is 4. The highest BCUT2D eigenvalue weighted by atomic mass is 32.2. The van der Waals surface area contributed by atoms with Gasteiger partial charge in [0.2, 0.25) is 10.0 Å². The molecule has 16 heavy (non-hydrogen) atoms. The normalized spacial score (nSPS) is 21.8. The summed E-state index contributed by atoms with van der Waals surface area (Å²) in [4.78, 5) is 2.35. The lowest BCUT2D eigenvalue weighted by atomic mass is 10.2. The van der Waals surface area contributed by atoms with Crippen LogP contribution in [0.2, 0.25) is 0 Å². The molecule has 0 radical (unpaired) electrons. The van der Waals surface area contributed by atoms with Crippen LogP contribution in [0.1, 0.15) is 19.8 Å². The number of nitrogens with one attached hydrogen (secondary N) is 1. The summed E-state index contributed by atoms with van der Waals surface area (Å²) in [7, 11) is -0.879. The van der Waals surface area contributed by atoms with E-state index < -0.39 is 10.0 Å². The third-order valence-corrected chi connectivity index (χ3v) is 5.47. The predicted octanol–water partition coefficient (Wildman–Crippen LogP) is 0.753. The van der Waals surface area contributed by atoms with E-state index in [1.165, 1.54) is 17.9 Å². The van der Waals surface area contributed by atoms with E-state index in [1.54, 1.807) is 6.92 Å². The van der Waals surface area contributed by atoms with Crippen molar-refractivity contribution in [2.75, 3.05) is 37.4 Å². The lowest BCUT2D eigenvalue weighted by Crippen LogP contribution is -2.34. The molecule has 1 fully saturated rings. The average molecular weight is 266 g/mol. The van der Waals surface area contributed by atoms with E-state index >= 15 is 0 Å². The first-order valence-electron chi connectivity index (χ1n) is 5.80. The van der Waals surface area contributed by atoms with E-state index in [2.05, 4.69) is 16.7 Å². The van der Waals surface area contributed by atoms with Crippen LogP contribution in [0, 0.1) is 0 Å². The molecular formula is C10H22N2O2S2. The fraction of sp³-hybridized carbons (Fsp3) is 1.00. The van der Waals surface area contributed by atoms with Crippen molar-refractivity contribution in [3.05, 3.63) is 0 Å². The van der Waals surface area contributed by atoms with Gasteiger partial charge in [-0.05, 0) is 39.1 Å². The molecule has 0 amide bonds. The molecule has 0 aliphatic carbocycles. The minimum absolute atomic E-state index is 0.169. The molecule has 0 saturated carbocycles. The summed E-state index contributed by atoms with van der Waals surface area (Å²) in [6.07, 6.45) is 2.15. The summed E-state index contributed by atoms with van der Waals surface area (Å²) in [5, 5.41) is 0. The SMILES string of the molecule is CCS(=O)(=O)NCCCN(C)[C@@H]1CCSC1. The molecule has 1 saturated heterocycles. The Morgan fingerprint density at radius 3 is 2.81 bits per heavy atom. The van der Waals surface area contributed by atoms with Gasteiger partial charge in [0.05, 0.1) is 5.75 Å². The number of nitrogens with zero attached hydrogens (tertiary/aromatic N) is 1. The summed E-state index contributed by atoms with van der Waals surface area (Å²) >= 11 is 2.00. The molecule has 96 valence electrons. The monoisotopic (exact) mass is 266 g/mol. The van der Waals surface area contributed by atoms with E-state index in [0.29, 0.717) is 12.6 Å². The van der Waals surface area contributed by atoms with E-state index in [-0.39, 0.29) is 5.75 Å². The van der Waals surface area contributed by atoms with E-state index in [9.17, 15) is 8.42 Å². The summed E-state index contributed by atoms with van der Waals surface area (Å²) in [5.41, 5.74) is 0. The Bertz CT molecular complexity index is 287. The minimum Gasteiger partial charge on any atom is -0.303 e. The zero-order valence-electron chi connectivity index (χ0n) is 10.1. The van der Waals surface area contributed by atoms with Gasteiger partial charge in [-0.15, -0.1) is 0 Å². The minimum atomic E-state index is -3.01. The van der Waals surface area contributed by atoms with Crippen LogP contribution in [-0.4, -0.2) is 56.8 Å².